The second kappa shape index (κ2) is 9.07. The number of nitrogens with one attached hydrogen (secondary N) is 1. The third-order valence-electron chi connectivity index (χ3n) is 3.20. The number of esters is 1. The fraction of sp³-hybridized carbons (Fsp3) is 0.167. The summed E-state index contributed by atoms with van der Waals surface area (Å²) < 4.78 is 14.8. The van der Waals surface area contributed by atoms with Crippen LogP contribution in [-0.4, -0.2) is 38.9 Å². The lowest BCUT2D eigenvalue weighted by atomic mass is 10.2. The first kappa shape index (κ1) is 18.0. The highest BCUT2D eigenvalue weighted by Crippen LogP contribution is 2.12. The number of benzene rings is 2. The van der Waals surface area contributed by atoms with E-state index in [1.54, 1.807) is 55.6 Å². The van der Waals surface area contributed by atoms with Gasteiger partial charge < -0.3 is 14.2 Å². The zero-order chi connectivity index (χ0) is 18.1. The van der Waals surface area contributed by atoms with Crippen molar-refractivity contribution in [3.63, 3.8) is 0 Å². The topological polar surface area (TPSA) is 86.2 Å². The van der Waals surface area contributed by atoms with Crippen molar-refractivity contribution in [2.24, 2.45) is 5.10 Å². The van der Waals surface area contributed by atoms with Crippen molar-refractivity contribution in [1.82, 2.24) is 5.43 Å². The zero-order valence-corrected chi connectivity index (χ0v) is 13.9. The van der Waals surface area contributed by atoms with E-state index in [0.717, 1.165) is 5.56 Å². The van der Waals surface area contributed by atoms with Gasteiger partial charge in [-0.2, -0.15) is 5.10 Å². The van der Waals surface area contributed by atoms with Crippen molar-refractivity contribution < 1.29 is 23.8 Å². The van der Waals surface area contributed by atoms with E-state index in [2.05, 4.69) is 15.3 Å². The quantitative estimate of drug-likeness (QED) is 0.472. The van der Waals surface area contributed by atoms with Crippen molar-refractivity contribution in [3.8, 4) is 11.5 Å². The fourth-order valence-corrected chi connectivity index (χ4v) is 1.82. The molecule has 0 unspecified atom stereocenters. The zero-order valence-electron chi connectivity index (χ0n) is 13.9. The smallest absolute Gasteiger partial charge is 0.343 e. The van der Waals surface area contributed by atoms with Crippen LogP contribution in [0.4, 0.5) is 0 Å². The summed E-state index contributed by atoms with van der Waals surface area (Å²) in [4.78, 5) is 22.9. The van der Waals surface area contributed by atoms with Crippen LogP contribution in [-0.2, 0) is 9.53 Å². The van der Waals surface area contributed by atoms with Crippen molar-refractivity contribution in [2.45, 2.75) is 0 Å². The van der Waals surface area contributed by atoms with Gasteiger partial charge in [-0.25, -0.2) is 10.2 Å². The van der Waals surface area contributed by atoms with Gasteiger partial charge >= 0.3 is 5.97 Å². The molecular formula is C18H18N2O5. The summed E-state index contributed by atoms with van der Waals surface area (Å²) in [5.74, 6) is 0.434. The molecule has 0 aromatic heterocycles. The minimum Gasteiger partial charge on any atom is -0.497 e. The molecular weight excluding hydrogens is 324 g/mol. The maximum Gasteiger partial charge on any atom is 0.343 e. The molecule has 7 heteroatoms. The van der Waals surface area contributed by atoms with E-state index < -0.39 is 5.97 Å². The molecule has 1 amide bonds. The molecule has 0 spiro atoms. The molecule has 0 radical (unpaired) electrons. The minimum absolute atomic E-state index is 0.151. The number of rotatable bonds is 7. The van der Waals surface area contributed by atoms with Gasteiger partial charge in [0.2, 0.25) is 0 Å². The Balaban J connectivity index is 1.86. The first-order valence-electron chi connectivity index (χ1n) is 7.39. The number of hydrazone groups is 1. The van der Waals surface area contributed by atoms with Gasteiger partial charge in [0, 0.05) is 5.56 Å². The molecule has 0 aliphatic heterocycles. The molecule has 0 saturated carbocycles. The average Bonchev–Trinajstić information content (AvgIpc) is 2.67. The van der Waals surface area contributed by atoms with Crippen LogP contribution in [0.1, 0.15) is 15.9 Å². The highest BCUT2D eigenvalue weighted by molar-refractivity contribution is 5.95. The molecule has 130 valence electrons. The third kappa shape index (κ3) is 5.65. The van der Waals surface area contributed by atoms with E-state index in [9.17, 15) is 9.59 Å². The summed E-state index contributed by atoms with van der Waals surface area (Å²) in [6.07, 6.45) is 1.51. The Labute approximate surface area is 145 Å². The van der Waals surface area contributed by atoms with Crippen LogP contribution < -0.4 is 14.9 Å². The summed E-state index contributed by atoms with van der Waals surface area (Å²) in [6.45, 7) is -0.151. The van der Waals surface area contributed by atoms with E-state index in [0.29, 0.717) is 17.1 Å². The molecule has 2 aromatic carbocycles. The molecule has 7 nitrogen and oxygen atoms in total. The lowest BCUT2D eigenvalue weighted by Gasteiger charge is -2.04. The maximum atomic E-state index is 11.9. The molecule has 0 fully saturated rings. The molecule has 0 atom stereocenters. The molecule has 2 rings (SSSR count). The fourth-order valence-electron chi connectivity index (χ4n) is 1.82. The predicted octanol–water partition coefficient (Wildman–Crippen LogP) is 2.01. The second-order valence-corrected chi connectivity index (χ2v) is 4.86. The Morgan fingerprint density at radius 1 is 1.00 bits per heavy atom. The first-order chi connectivity index (χ1) is 12.1. The molecule has 0 heterocycles. The number of hydrogen-bond acceptors (Lipinski definition) is 6. The number of ether oxygens (including phenoxy) is 3. The number of methoxy groups -OCH3 is 2. The molecule has 0 aliphatic rings. The van der Waals surface area contributed by atoms with E-state index in [4.69, 9.17) is 9.47 Å². The summed E-state index contributed by atoms with van der Waals surface area (Å²) in [5, 5.41) is 3.91. The Morgan fingerprint density at radius 2 is 1.64 bits per heavy atom. The predicted molar refractivity (Wildman–Crippen MR) is 92.0 cm³/mol. The van der Waals surface area contributed by atoms with Crippen molar-refractivity contribution >= 4 is 18.1 Å². The molecule has 25 heavy (non-hydrogen) atoms. The summed E-state index contributed by atoms with van der Waals surface area (Å²) in [6, 6.07) is 13.6. The Hall–Kier alpha value is -3.35. The van der Waals surface area contributed by atoms with E-state index in [1.807, 2.05) is 0 Å². The monoisotopic (exact) mass is 342 g/mol. The summed E-state index contributed by atoms with van der Waals surface area (Å²) >= 11 is 0. The number of carbonyl (C=O) groups excluding carboxylic acids is 2. The average molecular weight is 342 g/mol. The summed E-state index contributed by atoms with van der Waals surface area (Å²) in [5.41, 5.74) is 3.69. The largest absolute Gasteiger partial charge is 0.497 e. The number of hydrogen-bond donors (Lipinski definition) is 1. The van der Waals surface area contributed by atoms with Gasteiger partial charge in [0.25, 0.3) is 5.91 Å². The standard InChI is InChI=1S/C18H18N2O5/c1-23-15-9-5-14(6-10-15)18(22)20-19-11-13-3-7-16(8-4-13)25-12-17(21)24-2/h3-11H,12H2,1-2H3,(H,20,22)/b19-11-. The highest BCUT2D eigenvalue weighted by Gasteiger charge is 2.04. The van der Waals surface area contributed by atoms with Crippen LogP contribution >= 0.6 is 0 Å². The molecule has 0 bridgehead atoms. The molecule has 0 aliphatic carbocycles. The first-order valence-corrected chi connectivity index (χ1v) is 7.39. The maximum absolute atomic E-state index is 11.9. The molecule has 0 saturated heterocycles. The second-order valence-electron chi connectivity index (χ2n) is 4.86. The third-order valence-corrected chi connectivity index (χ3v) is 3.20. The van der Waals surface area contributed by atoms with E-state index >= 15 is 0 Å². The number of nitrogens with zero attached hydrogens (tertiary/aromatic N) is 1. The van der Waals surface area contributed by atoms with Crippen LogP contribution in [0.25, 0.3) is 0 Å². The molecule has 2 aromatic rings. The van der Waals surface area contributed by atoms with Gasteiger partial charge in [-0.05, 0) is 54.1 Å². The van der Waals surface area contributed by atoms with Gasteiger partial charge in [-0.3, -0.25) is 4.79 Å². The summed E-state index contributed by atoms with van der Waals surface area (Å²) in [7, 11) is 2.86. The Kier molecular flexibility index (Phi) is 6.53. The Morgan fingerprint density at radius 3 is 2.24 bits per heavy atom. The van der Waals surface area contributed by atoms with Gasteiger partial charge in [-0.15, -0.1) is 0 Å². The van der Waals surface area contributed by atoms with Crippen LogP contribution in [0.5, 0.6) is 11.5 Å². The van der Waals surface area contributed by atoms with Crippen LogP contribution in [0.3, 0.4) is 0 Å². The normalized spacial score (nSPS) is 10.3. The lowest BCUT2D eigenvalue weighted by molar-refractivity contribution is -0.142. The van der Waals surface area contributed by atoms with Crippen LogP contribution in [0, 0.1) is 0 Å². The van der Waals surface area contributed by atoms with E-state index in [1.165, 1.54) is 13.3 Å². The van der Waals surface area contributed by atoms with Crippen LogP contribution in [0.2, 0.25) is 0 Å². The van der Waals surface area contributed by atoms with Crippen LogP contribution in [0.15, 0.2) is 53.6 Å². The minimum atomic E-state index is -0.452. The van der Waals surface area contributed by atoms with Gasteiger partial charge in [-0.1, -0.05) is 0 Å². The SMILES string of the molecule is COC(=O)COc1ccc(/C=N\NC(=O)c2ccc(OC)cc2)cc1. The lowest BCUT2D eigenvalue weighted by Crippen LogP contribution is -2.17. The number of carbonyl (C=O) groups is 2. The van der Waals surface area contributed by atoms with Crippen molar-refractivity contribution in [1.29, 1.82) is 0 Å². The van der Waals surface area contributed by atoms with Crippen molar-refractivity contribution in [2.75, 3.05) is 20.8 Å². The van der Waals surface area contributed by atoms with Gasteiger partial charge in [0.15, 0.2) is 6.61 Å². The molecule has 1 N–H and O–H groups in total. The van der Waals surface area contributed by atoms with Gasteiger partial charge in [0.1, 0.15) is 11.5 Å². The highest BCUT2D eigenvalue weighted by atomic mass is 16.6. The number of amides is 1. The van der Waals surface area contributed by atoms with Crippen molar-refractivity contribution in [3.05, 3.63) is 59.7 Å². The van der Waals surface area contributed by atoms with E-state index in [-0.39, 0.29) is 12.5 Å². The Bertz CT molecular complexity index is 739. The van der Waals surface area contributed by atoms with Gasteiger partial charge in [0.05, 0.1) is 20.4 Å².